The van der Waals surface area contributed by atoms with Crippen molar-refractivity contribution in [1.29, 1.82) is 0 Å². The number of pyridine rings is 2. The van der Waals surface area contributed by atoms with Crippen LogP contribution < -0.4 is 10.1 Å². The van der Waals surface area contributed by atoms with E-state index in [-0.39, 0.29) is 17.9 Å². The quantitative estimate of drug-likeness (QED) is 0.592. The molecule has 0 unspecified atom stereocenters. The van der Waals surface area contributed by atoms with E-state index in [9.17, 15) is 4.79 Å². The third-order valence-electron chi connectivity index (χ3n) is 6.33. The lowest BCUT2D eigenvalue weighted by molar-refractivity contribution is -0.130. The highest BCUT2D eigenvalue weighted by atomic mass is 16.5. The van der Waals surface area contributed by atoms with Gasteiger partial charge < -0.3 is 10.1 Å². The lowest BCUT2D eigenvalue weighted by Crippen LogP contribution is -2.45. The lowest BCUT2D eigenvalue weighted by Gasteiger charge is -2.37. The molecule has 0 spiro atoms. The zero-order valence-electron chi connectivity index (χ0n) is 20.0. The SMILES string of the molecule is COc1cccc2ccc(CN3CCC[C@H]([C@@H](NC(=O)C(C)(C)C)c4ccccn4)C3)nc12. The minimum atomic E-state index is -0.449. The summed E-state index contributed by atoms with van der Waals surface area (Å²) in [5.74, 6) is 1.14. The molecule has 33 heavy (non-hydrogen) atoms. The molecule has 3 heterocycles. The molecule has 0 saturated carbocycles. The molecule has 1 aliphatic rings. The maximum atomic E-state index is 12.9. The van der Waals surface area contributed by atoms with E-state index in [0.29, 0.717) is 0 Å². The van der Waals surface area contributed by atoms with Crippen LogP contribution in [0.5, 0.6) is 5.75 Å². The Kier molecular flexibility index (Phi) is 6.94. The molecule has 1 amide bonds. The van der Waals surface area contributed by atoms with Gasteiger partial charge in [0.05, 0.1) is 24.5 Å². The second kappa shape index (κ2) is 9.87. The van der Waals surface area contributed by atoms with Crippen LogP contribution in [0.25, 0.3) is 10.9 Å². The molecule has 1 aliphatic heterocycles. The maximum Gasteiger partial charge on any atom is 0.225 e. The molecular formula is C27H34N4O2. The summed E-state index contributed by atoms with van der Waals surface area (Å²) in [5.41, 5.74) is 2.40. The molecule has 0 aliphatic carbocycles. The second-order valence-electron chi connectivity index (χ2n) is 9.93. The molecule has 1 aromatic carbocycles. The average molecular weight is 447 g/mol. The topological polar surface area (TPSA) is 67.3 Å². The number of piperidine rings is 1. The molecule has 3 aromatic rings. The van der Waals surface area contributed by atoms with Crippen LogP contribution >= 0.6 is 0 Å². The standard InChI is InChI=1S/C27H34N4O2/c1-27(2,3)26(32)30-24(22-11-5-6-15-28-22)20-10-8-16-31(17-20)18-21-14-13-19-9-7-12-23(33-4)25(19)29-21/h5-7,9,11-15,20,24H,8,10,16-18H2,1-4H3,(H,30,32)/t20-,24+/m0/s1. The van der Waals surface area contributed by atoms with Gasteiger partial charge in [0, 0.05) is 30.1 Å². The zero-order chi connectivity index (χ0) is 23.4. The first-order valence-corrected chi connectivity index (χ1v) is 11.7. The Morgan fingerprint density at radius 1 is 1.18 bits per heavy atom. The third-order valence-corrected chi connectivity index (χ3v) is 6.33. The summed E-state index contributed by atoms with van der Waals surface area (Å²) >= 11 is 0. The summed E-state index contributed by atoms with van der Waals surface area (Å²) in [6.07, 6.45) is 3.94. The number of amides is 1. The summed E-state index contributed by atoms with van der Waals surface area (Å²) < 4.78 is 5.51. The minimum Gasteiger partial charge on any atom is -0.494 e. The van der Waals surface area contributed by atoms with E-state index >= 15 is 0 Å². The van der Waals surface area contributed by atoms with Gasteiger partial charge in [-0.3, -0.25) is 14.7 Å². The van der Waals surface area contributed by atoms with Crippen molar-refractivity contribution in [1.82, 2.24) is 20.2 Å². The van der Waals surface area contributed by atoms with Crippen LogP contribution in [0.3, 0.4) is 0 Å². The number of aromatic nitrogens is 2. The number of rotatable bonds is 6. The van der Waals surface area contributed by atoms with Gasteiger partial charge in [0.1, 0.15) is 11.3 Å². The van der Waals surface area contributed by atoms with Gasteiger partial charge >= 0.3 is 0 Å². The third kappa shape index (κ3) is 5.50. The summed E-state index contributed by atoms with van der Waals surface area (Å²) in [6, 6.07) is 16.0. The van der Waals surface area contributed by atoms with Crippen LogP contribution in [-0.2, 0) is 11.3 Å². The number of benzene rings is 1. The van der Waals surface area contributed by atoms with Crippen LogP contribution in [0.1, 0.15) is 51.0 Å². The van der Waals surface area contributed by atoms with E-state index in [4.69, 9.17) is 9.72 Å². The van der Waals surface area contributed by atoms with Gasteiger partial charge in [-0.2, -0.15) is 0 Å². The van der Waals surface area contributed by atoms with Crippen LogP contribution in [0.2, 0.25) is 0 Å². The number of ether oxygens (including phenoxy) is 1. The highest BCUT2D eigenvalue weighted by Crippen LogP contribution is 2.31. The van der Waals surface area contributed by atoms with Crippen molar-refractivity contribution >= 4 is 16.8 Å². The first kappa shape index (κ1) is 23.2. The fraction of sp³-hybridized carbons (Fsp3) is 0.444. The van der Waals surface area contributed by atoms with Crippen molar-refractivity contribution in [2.24, 2.45) is 11.3 Å². The first-order valence-electron chi connectivity index (χ1n) is 11.7. The monoisotopic (exact) mass is 446 g/mol. The number of methoxy groups -OCH3 is 1. The molecule has 1 fully saturated rings. The Balaban J connectivity index is 1.53. The minimum absolute atomic E-state index is 0.0542. The lowest BCUT2D eigenvalue weighted by atomic mass is 9.86. The van der Waals surface area contributed by atoms with Crippen molar-refractivity contribution in [2.75, 3.05) is 20.2 Å². The molecule has 6 heteroatoms. The van der Waals surface area contributed by atoms with Crippen molar-refractivity contribution in [3.8, 4) is 5.75 Å². The van der Waals surface area contributed by atoms with Gasteiger partial charge in [-0.25, -0.2) is 4.98 Å². The smallest absolute Gasteiger partial charge is 0.225 e. The van der Waals surface area contributed by atoms with Gasteiger partial charge in [0.25, 0.3) is 0 Å². The molecule has 1 N–H and O–H groups in total. The van der Waals surface area contributed by atoms with Gasteiger partial charge in [0.15, 0.2) is 0 Å². The average Bonchev–Trinajstić information content (AvgIpc) is 2.82. The van der Waals surface area contributed by atoms with E-state index in [1.807, 2.05) is 51.1 Å². The van der Waals surface area contributed by atoms with Crippen LogP contribution in [0.4, 0.5) is 0 Å². The molecule has 174 valence electrons. The number of nitrogens with zero attached hydrogens (tertiary/aromatic N) is 3. The highest BCUT2D eigenvalue weighted by Gasteiger charge is 2.33. The van der Waals surface area contributed by atoms with Crippen molar-refractivity contribution in [3.05, 3.63) is 66.1 Å². The van der Waals surface area contributed by atoms with E-state index < -0.39 is 5.41 Å². The molecule has 2 aromatic heterocycles. The van der Waals surface area contributed by atoms with Gasteiger partial charge in [0.2, 0.25) is 5.91 Å². The Labute approximate surface area is 196 Å². The number of fused-ring (bicyclic) bond motifs is 1. The summed E-state index contributed by atoms with van der Waals surface area (Å²) in [5, 5.41) is 4.38. The number of carbonyl (C=O) groups excluding carboxylic acids is 1. The molecule has 2 atom stereocenters. The van der Waals surface area contributed by atoms with E-state index in [1.165, 1.54) is 0 Å². The van der Waals surface area contributed by atoms with E-state index in [0.717, 1.165) is 60.5 Å². The van der Waals surface area contributed by atoms with Crippen molar-refractivity contribution < 1.29 is 9.53 Å². The first-order chi connectivity index (χ1) is 15.8. The van der Waals surface area contributed by atoms with Gasteiger partial charge in [-0.05, 0) is 49.6 Å². The van der Waals surface area contributed by atoms with Crippen LogP contribution in [0, 0.1) is 11.3 Å². The maximum absolute atomic E-state index is 12.9. The Morgan fingerprint density at radius 2 is 2.03 bits per heavy atom. The molecule has 6 nitrogen and oxygen atoms in total. The Bertz CT molecular complexity index is 1090. The molecular weight excluding hydrogens is 412 g/mol. The van der Waals surface area contributed by atoms with E-state index in [2.05, 4.69) is 33.4 Å². The number of hydrogen-bond acceptors (Lipinski definition) is 5. The largest absolute Gasteiger partial charge is 0.494 e. The number of hydrogen-bond donors (Lipinski definition) is 1. The number of likely N-dealkylation sites (tertiary alicyclic amines) is 1. The predicted molar refractivity (Wildman–Crippen MR) is 131 cm³/mol. The molecule has 0 radical (unpaired) electrons. The summed E-state index contributed by atoms with van der Waals surface area (Å²) in [7, 11) is 1.68. The predicted octanol–water partition coefficient (Wildman–Crippen LogP) is 4.75. The van der Waals surface area contributed by atoms with E-state index in [1.54, 1.807) is 13.3 Å². The fourth-order valence-corrected chi connectivity index (χ4v) is 4.50. The number of para-hydroxylation sites is 1. The summed E-state index contributed by atoms with van der Waals surface area (Å²) in [6.45, 7) is 8.52. The van der Waals surface area contributed by atoms with Crippen molar-refractivity contribution in [3.63, 3.8) is 0 Å². The second-order valence-corrected chi connectivity index (χ2v) is 9.93. The van der Waals surface area contributed by atoms with Crippen LogP contribution in [0.15, 0.2) is 54.7 Å². The molecule has 1 saturated heterocycles. The highest BCUT2D eigenvalue weighted by molar-refractivity contribution is 5.84. The Morgan fingerprint density at radius 3 is 2.76 bits per heavy atom. The zero-order valence-corrected chi connectivity index (χ0v) is 20.0. The van der Waals surface area contributed by atoms with Crippen molar-refractivity contribution in [2.45, 2.75) is 46.2 Å². The normalized spacial score (nSPS) is 18.1. The Hall–Kier alpha value is -2.99. The van der Waals surface area contributed by atoms with Crippen LogP contribution in [-0.4, -0.2) is 41.0 Å². The van der Waals surface area contributed by atoms with Gasteiger partial charge in [-0.15, -0.1) is 0 Å². The number of nitrogens with one attached hydrogen (secondary N) is 1. The number of carbonyl (C=O) groups is 1. The molecule has 4 rings (SSSR count). The fourth-order valence-electron chi connectivity index (χ4n) is 4.50. The molecule has 0 bridgehead atoms. The van der Waals surface area contributed by atoms with Gasteiger partial charge in [-0.1, -0.05) is 45.0 Å². The summed E-state index contributed by atoms with van der Waals surface area (Å²) in [4.78, 5) is 24.8.